The van der Waals surface area contributed by atoms with E-state index in [4.69, 9.17) is 15.7 Å². The van der Waals surface area contributed by atoms with Crippen LogP contribution in [0.1, 0.15) is 35.9 Å². The van der Waals surface area contributed by atoms with Crippen molar-refractivity contribution < 1.29 is 4.74 Å². The monoisotopic (exact) mass is 282 g/mol. The van der Waals surface area contributed by atoms with Gasteiger partial charge in [-0.25, -0.2) is 4.98 Å². The average molecular weight is 282 g/mol. The fourth-order valence-electron chi connectivity index (χ4n) is 1.88. The Labute approximate surface area is 124 Å². The second-order valence-electron chi connectivity index (χ2n) is 4.90. The Hall–Kier alpha value is -2.61. The second-order valence-corrected chi connectivity index (χ2v) is 4.90. The first kappa shape index (κ1) is 14.8. The summed E-state index contributed by atoms with van der Waals surface area (Å²) in [5, 5.41) is 8.98. The summed E-state index contributed by atoms with van der Waals surface area (Å²) in [7, 11) is 0. The minimum atomic E-state index is 0.428. The van der Waals surface area contributed by atoms with Gasteiger partial charge in [-0.3, -0.25) is 0 Å². The van der Waals surface area contributed by atoms with E-state index in [0.717, 1.165) is 18.4 Å². The van der Waals surface area contributed by atoms with Crippen molar-refractivity contribution in [1.82, 2.24) is 9.97 Å². The zero-order valence-electron chi connectivity index (χ0n) is 12.5. The number of anilines is 1. The van der Waals surface area contributed by atoms with Crippen LogP contribution in [0, 0.1) is 25.2 Å². The molecule has 0 unspecified atom stereocenters. The van der Waals surface area contributed by atoms with E-state index in [1.54, 1.807) is 12.1 Å². The Bertz CT molecular complexity index is 704. The van der Waals surface area contributed by atoms with Crippen LogP contribution in [0.15, 0.2) is 18.2 Å². The average Bonchev–Trinajstić information content (AvgIpc) is 2.46. The van der Waals surface area contributed by atoms with E-state index < -0.39 is 0 Å². The van der Waals surface area contributed by atoms with Gasteiger partial charge in [-0.05, 0) is 38.0 Å². The van der Waals surface area contributed by atoms with Crippen molar-refractivity contribution in [3.63, 3.8) is 0 Å². The second kappa shape index (κ2) is 6.23. The van der Waals surface area contributed by atoms with Crippen LogP contribution in [0.4, 0.5) is 5.82 Å². The summed E-state index contributed by atoms with van der Waals surface area (Å²) in [6, 6.07) is 7.41. The maximum absolute atomic E-state index is 8.98. The van der Waals surface area contributed by atoms with Crippen LogP contribution in [-0.2, 0) is 6.42 Å². The van der Waals surface area contributed by atoms with Gasteiger partial charge in [0.15, 0.2) is 0 Å². The van der Waals surface area contributed by atoms with Crippen molar-refractivity contribution in [3.8, 4) is 17.7 Å². The number of hydrogen-bond acceptors (Lipinski definition) is 5. The van der Waals surface area contributed by atoms with E-state index in [1.807, 2.05) is 19.9 Å². The smallest absolute Gasteiger partial charge is 0.227 e. The lowest BCUT2D eigenvalue weighted by atomic mass is 10.1. The molecule has 5 nitrogen and oxygen atoms in total. The van der Waals surface area contributed by atoms with E-state index in [2.05, 4.69) is 23.0 Å². The molecule has 0 aliphatic carbocycles. The molecule has 0 radical (unpaired) electrons. The maximum Gasteiger partial charge on any atom is 0.227 e. The predicted molar refractivity (Wildman–Crippen MR) is 81.1 cm³/mol. The summed E-state index contributed by atoms with van der Waals surface area (Å²) in [6.45, 7) is 5.80. The van der Waals surface area contributed by atoms with Gasteiger partial charge < -0.3 is 10.5 Å². The van der Waals surface area contributed by atoms with Gasteiger partial charge in [0.05, 0.1) is 17.2 Å². The van der Waals surface area contributed by atoms with Crippen molar-refractivity contribution in [3.05, 3.63) is 40.7 Å². The van der Waals surface area contributed by atoms with Gasteiger partial charge >= 0.3 is 0 Å². The quantitative estimate of drug-likeness (QED) is 0.930. The van der Waals surface area contributed by atoms with Crippen LogP contribution in [-0.4, -0.2) is 9.97 Å². The van der Waals surface area contributed by atoms with Crippen LogP contribution in [0.2, 0.25) is 0 Å². The molecule has 1 heterocycles. The summed E-state index contributed by atoms with van der Waals surface area (Å²) in [5.41, 5.74) is 8.10. The number of hydrogen-bond donors (Lipinski definition) is 1. The van der Waals surface area contributed by atoms with Gasteiger partial charge in [-0.2, -0.15) is 10.2 Å². The number of benzene rings is 1. The van der Waals surface area contributed by atoms with E-state index in [0.29, 0.717) is 34.4 Å². The molecule has 1 aromatic heterocycles. The molecule has 0 spiro atoms. The molecule has 2 rings (SSSR count). The van der Waals surface area contributed by atoms with Crippen LogP contribution in [0.25, 0.3) is 0 Å². The van der Waals surface area contributed by atoms with Crippen LogP contribution in [0.3, 0.4) is 0 Å². The first-order chi connectivity index (χ1) is 10.0. The van der Waals surface area contributed by atoms with E-state index in [1.165, 1.54) is 0 Å². The van der Waals surface area contributed by atoms with Crippen molar-refractivity contribution in [2.75, 3.05) is 5.73 Å². The lowest BCUT2D eigenvalue weighted by Crippen LogP contribution is -2.05. The Morgan fingerprint density at radius 2 is 2.05 bits per heavy atom. The minimum Gasteiger partial charge on any atom is -0.438 e. The van der Waals surface area contributed by atoms with E-state index in [-0.39, 0.29) is 0 Å². The third-order valence-corrected chi connectivity index (χ3v) is 3.18. The number of ether oxygens (including phenoxy) is 1. The molecule has 0 atom stereocenters. The molecule has 0 fully saturated rings. The summed E-state index contributed by atoms with van der Waals surface area (Å²) in [5.74, 6) is 2.16. The van der Waals surface area contributed by atoms with Gasteiger partial charge in [0, 0.05) is 6.42 Å². The lowest BCUT2D eigenvalue weighted by Gasteiger charge is -2.12. The van der Waals surface area contributed by atoms with Gasteiger partial charge in [0.1, 0.15) is 17.4 Å². The Morgan fingerprint density at radius 1 is 1.29 bits per heavy atom. The molecular weight excluding hydrogens is 264 g/mol. The first-order valence-corrected chi connectivity index (χ1v) is 6.86. The topological polar surface area (TPSA) is 84.8 Å². The molecule has 0 amide bonds. The molecule has 1 aromatic carbocycles. The van der Waals surface area contributed by atoms with Crippen molar-refractivity contribution in [2.24, 2.45) is 0 Å². The number of aromatic nitrogens is 2. The van der Waals surface area contributed by atoms with Gasteiger partial charge in [-0.1, -0.05) is 13.0 Å². The third-order valence-electron chi connectivity index (χ3n) is 3.18. The van der Waals surface area contributed by atoms with Crippen LogP contribution >= 0.6 is 0 Å². The van der Waals surface area contributed by atoms with E-state index >= 15 is 0 Å². The zero-order chi connectivity index (χ0) is 15.4. The number of nitrogen functional groups attached to an aromatic ring is 1. The Balaban J connectivity index is 2.41. The number of nitrogens with two attached hydrogens (primary N) is 1. The maximum atomic E-state index is 8.98. The summed E-state index contributed by atoms with van der Waals surface area (Å²) < 4.78 is 5.87. The molecular formula is C16H18N4O. The Morgan fingerprint density at radius 3 is 2.71 bits per heavy atom. The third kappa shape index (κ3) is 3.29. The van der Waals surface area contributed by atoms with Crippen molar-refractivity contribution >= 4 is 5.82 Å². The van der Waals surface area contributed by atoms with Gasteiger partial charge in [0.2, 0.25) is 5.88 Å². The first-order valence-electron chi connectivity index (χ1n) is 6.86. The fraction of sp³-hybridized carbons (Fsp3) is 0.312. The van der Waals surface area contributed by atoms with Gasteiger partial charge in [-0.15, -0.1) is 0 Å². The SMILES string of the molecule is CCCc1nc(N)c(C)c(Oc2cc(C#N)ccc2C)n1. The van der Waals surface area contributed by atoms with Crippen molar-refractivity contribution in [1.29, 1.82) is 5.26 Å². The molecule has 5 heteroatoms. The highest BCUT2D eigenvalue weighted by atomic mass is 16.5. The number of aryl methyl sites for hydroxylation is 2. The number of nitrogens with zero attached hydrogens (tertiary/aromatic N) is 3. The predicted octanol–water partition coefficient (Wildman–Crippen LogP) is 3.29. The van der Waals surface area contributed by atoms with Gasteiger partial charge in [0.25, 0.3) is 0 Å². The summed E-state index contributed by atoms with van der Waals surface area (Å²) in [4.78, 5) is 8.67. The largest absolute Gasteiger partial charge is 0.438 e. The van der Waals surface area contributed by atoms with Crippen LogP contribution < -0.4 is 10.5 Å². The molecule has 0 aliphatic heterocycles. The molecule has 2 N–H and O–H groups in total. The van der Waals surface area contributed by atoms with Crippen molar-refractivity contribution in [2.45, 2.75) is 33.6 Å². The van der Waals surface area contributed by atoms with Crippen LogP contribution in [0.5, 0.6) is 11.6 Å². The lowest BCUT2D eigenvalue weighted by molar-refractivity contribution is 0.451. The molecule has 0 bridgehead atoms. The molecule has 2 aromatic rings. The fourth-order valence-corrected chi connectivity index (χ4v) is 1.88. The molecule has 0 saturated carbocycles. The molecule has 21 heavy (non-hydrogen) atoms. The number of rotatable bonds is 4. The summed E-state index contributed by atoms with van der Waals surface area (Å²) in [6.07, 6.45) is 1.68. The zero-order valence-corrected chi connectivity index (χ0v) is 12.5. The Kier molecular flexibility index (Phi) is 4.39. The minimum absolute atomic E-state index is 0.428. The highest BCUT2D eigenvalue weighted by Gasteiger charge is 2.12. The highest BCUT2D eigenvalue weighted by molar-refractivity contribution is 5.48. The van der Waals surface area contributed by atoms with E-state index in [9.17, 15) is 0 Å². The normalized spacial score (nSPS) is 10.2. The molecule has 0 saturated heterocycles. The number of nitriles is 1. The highest BCUT2D eigenvalue weighted by Crippen LogP contribution is 2.29. The molecule has 108 valence electrons. The standard InChI is InChI=1S/C16H18N4O/c1-4-5-14-19-15(18)11(3)16(20-14)21-13-8-12(9-17)7-6-10(13)2/h6-8H,4-5H2,1-3H3,(H2,18,19,20). The summed E-state index contributed by atoms with van der Waals surface area (Å²) >= 11 is 0. The molecule has 0 aliphatic rings.